The van der Waals surface area contributed by atoms with Crippen LogP contribution in [0.3, 0.4) is 0 Å². The van der Waals surface area contributed by atoms with Gasteiger partial charge in [-0.05, 0) is 48.3 Å². The van der Waals surface area contributed by atoms with E-state index >= 15 is 0 Å². The fraction of sp³-hybridized carbons (Fsp3) is 0.462. The summed E-state index contributed by atoms with van der Waals surface area (Å²) in [6, 6.07) is 18.2. The number of aliphatic hydroxyl groups excluding tert-OH is 1. The molecule has 6 heteroatoms. The number of amides is 2. The molecule has 1 aliphatic heterocycles. The van der Waals surface area contributed by atoms with E-state index in [2.05, 4.69) is 34.9 Å². The van der Waals surface area contributed by atoms with Gasteiger partial charge < -0.3 is 20.5 Å². The largest absolute Gasteiger partial charge is 0.394 e. The van der Waals surface area contributed by atoms with Crippen LogP contribution in [0.4, 0.5) is 0 Å². The highest BCUT2D eigenvalue weighted by atomic mass is 16.5. The monoisotopic (exact) mass is 436 g/mol. The first-order valence-electron chi connectivity index (χ1n) is 11.6. The highest BCUT2D eigenvalue weighted by Gasteiger charge is 2.34. The molecule has 2 aromatic carbocycles. The van der Waals surface area contributed by atoms with Crippen molar-refractivity contribution >= 4 is 11.8 Å². The summed E-state index contributed by atoms with van der Waals surface area (Å²) in [5.74, 6) is 0.488. The second-order valence-electron chi connectivity index (χ2n) is 8.92. The van der Waals surface area contributed by atoms with Gasteiger partial charge in [0, 0.05) is 13.0 Å². The van der Waals surface area contributed by atoms with Crippen molar-refractivity contribution in [2.45, 2.75) is 63.3 Å². The van der Waals surface area contributed by atoms with E-state index in [0.29, 0.717) is 31.7 Å². The molecule has 32 heavy (non-hydrogen) atoms. The van der Waals surface area contributed by atoms with Crippen LogP contribution in [-0.2, 0) is 20.9 Å². The molecule has 6 nitrogen and oxygen atoms in total. The smallest absolute Gasteiger partial charge is 0.222 e. The molecule has 1 saturated heterocycles. The summed E-state index contributed by atoms with van der Waals surface area (Å²) in [5.41, 5.74) is 3.34. The van der Waals surface area contributed by atoms with Crippen molar-refractivity contribution in [3.05, 3.63) is 60.2 Å². The van der Waals surface area contributed by atoms with Crippen LogP contribution in [-0.4, -0.2) is 41.8 Å². The van der Waals surface area contributed by atoms with Gasteiger partial charge in [-0.15, -0.1) is 0 Å². The van der Waals surface area contributed by atoms with Crippen LogP contribution >= 0.6 is 0 Å². The molecule has 1 saturated carbocycles. The lowest BCUT2D eigenvalue weighted by atomic mass is 9.96. The first-order valence-corrected chi connectivity index (χ1v) is 11.6. The van der Waals surface area contributed by atoms with E-state index in [9.17, 15) is 14.7 Å². The third-order valence-corrected chi connectivity index (χ3v) is 6.28. The van der Waals surface area contributed by atoms with Crippen molar-refractivity contribution in [1.29, 1.82) is 0 Å². The molecule has 3 atom stereocenters. The topological polar surface area (TPSA) is 87.7 Å². The number of carbonyl (C=O) groups is 2. The normalized spacial score (nSPS) is 22.8. The predicted octanol–water partition coefficient (Wildman–Crippen LogP) is 3.18. The van der Waals surface area contributed by atoms with Gasteiger partial charge in [-0.1, -0.05) is 54.6 Å². The molecular weight excluding hydrogens is 404 g/mol. The molecule has 1 heterocycles. The van der Waals surface area contributed by atoms with Gasteiger partial charge in [0.25, 0.3) is 0 Å². The highest BCUT2D eigenvalue weighted by Crippen LogP contribution is 2.32. The minimum Gasteiger partial charge on any atom is -0.394 e. The Hall–Kier alpha value is -2.70. The molecule has 2 amide bonds. The van der Waals surface area contributed by atoms with Crippen LogP contribution < -0.4 is 10.6 Å². The maximum Gasteiger partial charge on any atom is 0.222 e. The van der Waals surface area contributed by atoms with Crippen LogP contribution in [0.5, 0.6) is 0 Å². The van der Waals surface area contributed by atoms with Gasteiger partial charge in [0.1, 0.15) is 6.10 Å². The molecule has 1 aliphatic carbocycles. The number of hydrogen-bond acceptors (Lipinski definition) is 4. The molecule has 0 spiro atoms. The minimum absolute atomic E-state index is 0.0361. The summed E-state index contributed by atoms with van der Waals surface area (Å²) in [7, 11) is 0. The number of rotatable bonds is 9. The molecule has 0 unspecified atom stereocenters. The molecule has 2 fully saturated rings. The van der Waals surface area contributed by atoms with E-state index in [1.807, 2.05) is 30.3 Å². The van der Waals surface area contributed by atoms with Crippen molar-refractivity contribution in [3.63, 3.8) is 0 Å². The molecule has 0 aromatic heterocycles. The Morgan fingerprint density at radius 3 is 2.28 bits per heavy atom. The Bertz CT molecular complexity index is 896. The average Bonchev–Trinajstić information content (AvgIpc) is 3.63. The molecule has 3 N–H and O–H groups in total. The lowest BCUT2D eigenvalue weighted by Crippen LogP contribution is -2.51. The van der Waals surface area contributed by atoms with Crippen LogP contribution in [0.15, 0.2) is 54.6 Å². The summed E-state index contributed by atoms with van der Waals surface area (Å²) in [6.45, 7) is 0.296. The third-order valence-electron chi connectivity index (χ3n) is 6.28. The summed E-state index contributed by atoms with van der Waals surface area (Å²) in [6.07, 6.45) is 3.76. The molecule has 170 valence electrons. The van der Waals surface area contributed by atoms with Crippen molar-refractivity contribution in [3.8, 4) is 11.1 Å². The van der Waals surface area contributed by atoms with Crippen LogP contribution in [0, 0.1) is 5.92 Å². The lowest BCUT2D eigenvalue weighted by Gasteiger charge is -2.36. The zero-order valence-electron chi connectivity index (χ0n) is 18.3. The zero-order valence-corrected chi connectivity index (χ0v) is 18.3. The maximum absolute atomic E-state index is 12.4. The number of carbonyl (C=O) groups excluding carboxylic acids is 2. The first kappa shape index (κ1) is 22.5. The summed E-state index contributed by atoms with van der Waals surface area (Å²) < 4.78 is 5.93. The van der Waals surface area contributed by atoms with Crippen LogP contribution in [0.2, 0.25) is 0 Å². The first-order chi connectivity index (χ1) is 15.6. The minimum atomic E-state index is -0.463. The van der Waals surface area contributed by atoms with Gasteiger partial charge in [-0.25, -0.2) is 0 Å². The second-order valence-corrected chi connectivity index (χ2v) is 8.92. The van der Waals surface area contributed by atoms with E-state index in [4.69, 9.17) is 4.74 Å². The number of nitrogens with one attached hydrogen (secondary N) is 2. The summed E-state index contributed by atoms with van der Waals surface area (Å²) in [4.78, 5) is 24.5. The Balaban J connectivity index is 1.20. The van der Waals surface area contributed by atoms with E-state index in [-0.39, 0.29) is 37.0 Å². The standard InChI is InChI=1S/C26H32N2O4/c29-17-24-23(28-26(31)14-18-6-7-18)13-12-22(32-24)15-25(30)27-16-19-8-10-21(11-9-19)20-4-2-1-3-5-20/h1-5,8-11,18,22-24,29H,6-7,12-17H2,(H,27,30)(H,28,31)/t22-,23-,24+/m1/s1. The van der Waals surface area contributed by atoms with E-state index in [0.717, 1.165) is 29.5 Å². The molecule has 2 aliphatic rings. The van der Waals surface area contributed by atoms with E-state index < -0.39 is 6.10 Å². The fourth-order valence-corrected chi connectivity index (χ4v) is 4.22. The predicted molar refractivity (Wildman–Crippen MR) is 123 cm³/mol. The van der Waals surface area contributed by atoms with Crippen molar-refractivity contribution in [1.82, 2.24) is 10.6 Å². The Kier molecular flexibility index (Phi) is 7.55. The van der Waals surface area contributed by atoms with E-state index in [1.54, 1.807) is 0 Å². The fourth-order valence-electron chi connectivity index (χ4n) is 4.22. The van der Waals surface area contributed by atoms with Crippen LogP contribution in [0.25, 0.3) is 11.1 Å². The van der Waals surface area contributed by atoms with Crippen molar-refractivity contribution in [2.75, 3.05) is 6.61 Å². The van der Waals surface area contributed by atoms with Crippen LogP contribution in [0.1, 0.15) is 44.1 Å². The quantitative estimate of drug-likeness (QED) is 0.563. The van der Waals surface area contributed by atoms with Gasteiger partial charge >= 0.3 is 0 Å². The van der Waals surface area contributed by atoms with Gasteiger partial charge in [0.05, 0.1) is 25.2 Å². The lowest BCUT2D eigenvalue weighted by molar-refractivity contribution is -0.136. The van der Waals surface area contributed by atoms with Gasteiger partial charge in [-0.2, -0.15) is 0 Å². The molecule has 4 rings (SSSR count). The van der Waals surface area contributed by atoms with E-state index in [1.165, 1.54) is 0 Å². The molecule has 0 radical (unpaired) electrons. The summed E-state index contributed by atoms with van der Waals surface area (Å²) in [5, 5.41) is 15.7. The number of aliphatic hydroxyl groups is 1. The highest BCUT2D eigenvalue weighted by molar-refractivity contribution is 5.77. The molecule has 2 aromatic rings. The number of benzene rings is 2. The number of ether oxygens (including phenoxy) is 1. The summed E-state index contributed by atoms with van der Waals surface area (Å²) >= 11 is 0. The van der Waals surface area contributed by atoms with Gasteiger partial charge in [0.2, 0.25) is 11.8 Å². The maximum atomic E-state index is 12.4. The number of hydrogen-bond donors (Lipinski definition) is 3. The van der Waals surface area contributed by atoms with Gasteiger partial charge in [-0.3, -0.25) is 9.59 Å². The Morgan fingerprint density at radius 1 is 0.875 bits per heavy atom. The second kappa shape index (κ2) is 10.7. The zero-order chi connectivity index (χ0) is 22.3. The molecule has 0 bridgehead atoms. The van der Waals surface area contributed by atoms with Gasteiger partial charge in [0.15, 0.2) is 0 Å². The van der Waals surface area contributed by atoms with Crippen molar-refractivity contribution < 1.29 is 19.4 Å². The SMILES string of the molecule is O=C(C[C@H]1CC[C@@H](NC(=O)CC2CC2)[C@H](CO)O1)NCc1ccc(-c2ccccc2)cc1. The molecular formula is C26H32N2O4. The average molecular weight is 437 g/mol. The Labute approximate surface area is 189 Å². The third kappa shape index (κ3) is 6.40. The Morgan fingerprint density at radius 2 is 1.59 bits per heavy atom. The van der Waals surface area contributed by atoms with Crippen molar-refractivity contribution in [2.24, 2.45) is 5.92 Å².